The van der Waals surface area contributed by atoms with Gasteiger partial charge in [0.15, 0.2) is 10.8 Å². The zero-order chi connectivity index (χ0) is 13.1. The Morgan fingerprint density at radius 3 is 2.95 bits per heavy atom. The summed E-state index contributed by atoms with van der Waals surface area (Å²) in [4.78, 5) is 15.8. The minimum atomic E-state index is -0.348. The van der Waals surface area contributed by atoms with Crippen LogP contribution in [0, 0.1) is 0 Å². The third-order valence-corrected chi connectivity index (χ3v) is 3.19. The van der Waals surface area contributed by atoms with E-state index in [4.69, 9.17) is 4.42 Å². The van der Waals surface area contributed by atoms with E-state index in [0.717, 1.165) is 5.56 Å². The number of carbonyl (C=O) groups is 1. The fourth-order valence-electron chi connectivity index (χ4n) is 1.45. The first-order valence-electron chi connectivity index (χ1n) is 5.42. The van der Waals surface area contributed by atoms with E-state index in [-0.39, 0.29) is 11.7 Å². The van der Waals surface area contributed by atoms with E-state index in [1.54, 1.807) is 24.5 Å². The van der Waals surface area contributed by atoms with E-state index in [1.165, 1.54) is 17.6 Å². The van der Waals surface area contributed by atoms with Crippen molar-refractivity contribution in [2.45, 2.75) is 0 Å². The van der Waals surface area contributed by atoms with Gasteiger partial charge in [0, 0.05) is 18.0 Å². The van der Waals surface area contributed by atoms with Crippen molar-refractivity contribution in [3.63, 3.8) is 0 Å². The molecule has 0 spiro atoms. The van der Waals surface area contributed by atoms with E-state index >= 15 is 0 Å². The molecule has 0 bridgehead atoms. The lowest BCUT2D eigenvalue weighted by Gasteiger charge is -1.95. The molecule has 1 amide bonds. The van der Waals surface area contributed by atoms with Crippen molar-refractivity contribution in [2.24, 2.45) is 0 Å². The second-order valence-electron chi connectivity index (χ2n) is 3.59. The lowest BCUT2D eigenvalue weighted by atomic mass is 10.3. The van der Waals surface area contributed by atoms with Crippen molar-refractivity contribution in [2.75, 3.05) is 5.32 Å². The van der Waals surface area contributed by atoms with Crippen LogP contribution in [0.1, 0.15) is 10.6 Å². The fourth-order valence-corrected chi connectivity index (χ4v) is 2.17. The van der Waals surface area contributed by atoms with Crippen LogP contribution in [0.3, 0.4) is 0 Å². The second-order valence-corrected chi connectivity index (χ2v) is 4.56. The molecule has 0 aromatic carbocycles. The van der Waals surface area contributed by atoms with Crippen molar-refractivity contribution in [3.05, 3.63) is 48.7 Å². The summed E-state index contributed by atoms with van der Waals surface area (Å²) in [6.45, 7) is 0. The summed E-state index contributed by atoms with van der Waals surface area (Å²) in [5.74, 6) is -0.114. The summed E-state index contributed by atoms with van der Waals surface area (Å²) in [6.07, 6.45) is 4.82. The molecule has 3 aromatic rings. The molecule has 0 saturated carbocycles. The number of rotatable bonds is 3. The Kier molecular flexibility index (Phi) is 3.03. The third kappa shape index (κ3) is 2.50. The zero-order valence-corrected chi connectivity index (χ0v) is 10.4. The number of anilines is 1. The maximum absolute atomic E-state index is 11.7. The lowest BCUT2D eigenvalue weighted by molar-refractivity contribution is 0.0996. The summed E-state index contributed by atoms with van der Waals surface area (Å²) in [5, 5.41) is 11.7. The molecule has 3 aromatic heterocycles. The molecule has 3 heterocycles. The third-order valence-electron chi connectivity index (χ3n) is 2.30. The minimum Gasteiger partial charge on any atom is -0.459 e. The van der Waals surface area contributed by atoms with Gasteiger partial charge in [0.2, 0.25) is 5.13 Å². The largest absolute Gasteiger partial charge is 0.459 e. The summed E-state index contributed by atoms with van der Waals surface area (Å²) in [6, 6.07) is 6.93. The molecule has 6 nitrogen and oxygen atoms in total. The highest BCUT2D eigenvalue weighted by Gasteiger charge is 2.12. The van der Waals surface area contributed by atoms with Gasteiger partial charge in [0.05, 0.1) is 6.26 Å². The van der Waals surface area contributed by atoms with Crippen LogP contribution in [0.15, 0.2) is 47.3 Å². The van der Waals surface area contributed by atoms with E-state index in [2.05, 4.69) is 20.5 Å². The molecular formula is C12H8N4O2S. The maximum Gasteiger partial charge on any atom is 0.293 e. The number of carbonyl (C=O) groups excluding carboxylic acids is 1. The normalized spacial score (nSPS) is 10.3. The monoisotopic (exact) mass is 272 g/mol. The van der Waals surface area contributed by atoms with Crippen molar-refractivity contribution in [1.82, 2.24) is 15.2 Å². The fraction of sp³-hybridized carbons (Fsp3) is 0. The molecule has 0 aliphatic heterocycles. The summed E-state index contributed by atoms with van der Waals surface area (Å²) >= 11 is 1.28. The van der Waals surface area contributed by atoms with E-state index in [9.17, 15) is 4.79 Å². The van der Waals surface area contributed by atoms with Gasteiger partial charge < -0.3 is 4.42 Å². The van der Waals surface area contributed by atoms with Gasteiger partial charge in [-0.25, -0.2) is 0 Å². The van der Waals surface area contributed by atoms with Crippen LogP contribution in [0.4, 0.5) is 5.13 Å². The summed E-state index contributed by atoms with van der Waals surface area (Å²) in [7, 11) is 0. The van der Waals surface area contributed by atoms with Crippen LogP contribution >= 0.6 is 11.3 Å². The standard InChI is InChI=1S/C12H8N4O2S/c17-10(9-4-2-6-18-9)14-12-16-15-11(19-12)8-3-1-5-13-7-8/h1-7H,(H,14,16,17). The first-order chi connectivity index (χ1) is 9.33. The van der Waals surface area contributed by atoms with E-state index < -0.39 is 0 Å². The maximum atomic E-state index is 11.7. The van der Waals surface area contributed by atoms with Crippen molar-refractivity contribution in [3.8, 4) is 10.6 Å². The SMILES string of the molecule is O=C(Nc1nnc(-c2cccnc2)s1)c1ccco1. The van der Waals surface area contributed by atoms with Crippen LogP contribution in [0.2, 0.25) is 0 Å². The molecule has 0 unspecified atom stereocenters. The average molecular weight is 272 g/mol. The number of amides is 1. The quantitative estimate of drug-likeness (QED) is 0.792. The Hall–Kier alpha value is -2.54. The molecular weight excluding hydrogens is 264 g/mol. The molecule has 0 aliphatic rings. The number of furan rings is 1. The number of nitrogens with zero attached hydrogens (tertiary/aromatic N) is 3. The molecule has 0 saturated heterocycles. The van der Waals surface area contributed by atoms with E-state index in [0.29, 0.717) is 10.1 Å². The van der Waals surface area contributed by atoms with Gasteiger partial charge in [-0.3, -0.25) is 15.1 Å². The van der Waals surface area contributed by atoms with Gasteiger partial charge >= 0.3 is 0 Å². The second kappa shape index (κ2) is 4.99. The molecule has 1 N–H and O–H groups in total. The zero-order valence-electron chi connectivity index (χ0n) is 9.61. The average Bonchev–Trinajstić information content (AvgIpc) is 3.11. The number of hydrogen-bond acceptors (Lipinski definition) is 6. The number of nitrogens with one attached hydrogen (secondary N) is 1. The predicted octanol–water partition coefficient (Wildman–Crippen LogP) is 2.45. The van der Waals surface area contributed by atoms with Crippen LogP contribution in [-0.2, 0) is 0 Å². The number of hydrogen-bond donors (Lipinski definition) is 1. The predicted molar refractivity (Wildman–Crippen MR) is 69.8 cm³/mol. The molecule has 19 heavy (non-hydrogen) atoms. The molecule has 0 radical (unpaired) electrons. The van der Waals surface area contributed by atoms with Crippen molar-refractivity contribution < 1.29 is 9.21 Å². The van der Waals surface area contributed by atoms with Crippen LogP contribution < -0.4 is 5.32 Å². The van der Waals surface area contributed by atoms with Gasteiger partial charge in [-0.2, -0.15) is 0 Å². The van der Waals surface area contributed by atoms with Crippen LogP contribution in [0.5, 0.6) is 0 Å². The Labute approximate surface area is 112 Å². The van der Waals surface area contributed by atoms with Gasteiger partial charge in [-0.15, -0.1) is 10.2 Å². The molecule has 0 fully saturated rings. The number of aromatic nitrogens is 3. The minimum absolute atomic E-state index is 0.234. The van der Waals surface area contributed by atoms with E-state index in [1.807, 2.05) is 12.1 Å². The Balaban J connectivity index is 1.77. The highest BCUT2D eigenvalue weighted by atomic mass is 32.1. The van der Waals surface area contributed by atoms with Gasteiger partial charge in [0.1, 0.15) is 0 Å². The Bertz CT molecular complexity index is 679. The number of pyridine rings is 1. The molecule has 0 aliphatic carbocycles. The first-order valence-corrected chi connectivity index (χ1v) is 6.23. The Morgan fingerprint density at radius 2 is 2.21 bits per heavy atom. The van der Waals surface area contributed by atoms with Crippen LogP contribution in [0.25, 0.3) is 10.6 Å². The topological polar surface area (TPSA) is 80.9 Å². The van der Waals surface area contributed by atoms with Crippen molar-refractivity contribution in [1.29, 1.82) is 0 Å². The Morgan fingerprint density at radius 1 is 1.26 bits per heavy atom. The molecule has 0 atom stereocenters. The van der Waals surface area contributed by atoms with Crippen molar-refractivity contribution >= 4 is 22.4 Å². The molecule has 7 heteroatoms. The highest BCUT2D eigenvalue weighted by molar-refractivity contribution is 7.18. The van der Waals surface area contributed by atoms with Gasteiger partial charge in [0.25, 0.3) is 5.91 Å². The van der Waals surface area contributed by atoms with Gasteiger partial charge in [-0.1, -0.05) is 11.3 Å². The molecule has 94 valence electrons. The summed E-state index contributed by atoms with van der Waals surface area (Å²) < 4.78 is 4.99. The highest BCUT2D eigenvalue weighted by Crippen LogP contribution is 2.25. The van der Waals surface area contributed by atoms with Crippen LogP contribution in [-0.4, -0.2) is 21.1 Å². The molecule has 3 rings (SSSR count). The van der Waals surface area contributed by atoms with Gasteiger partial charge in [-0.05, 0) is 24.3 Å². The summed E-state index contributed by atoms with van der Waals surface area (Å²) in [5.41, 5.74) is 0.860. The smallest absolute Gasteiger partial charge is 0.293 e. The lowest BCUT2D eigenvalue weighted by Crippen LogP contribution is -2.10. The first kappa shape index (κ1) is 11.5.